The molecule has 0 amide bonds. The lowest BCUT2D eigenvalue weighted by Gasteiger charge is -2.53. The predicted molar refractivity (Wildman–Crippen MR) is 204 cm³/mol. The van der Waals surface area contributed by atoms with E-state index in [9.17, 15) is 4.57 Å². The number of nitrogens with one attached hydrogen (secondary N) is 2. The number of anilines is 5. The molecule has 2 aromatic carbocycles. The van der Waals surface area contributed by atoms with Gasteiger partial charge in [0, 0.05) is 93.0 Å². The number of fused-ring (bicyclic) bond motifs is 1. The molecule has 2 aliphatic rings. The van der Waals surface area contributed by atoms with Crippen molar-refractivity contribution in [3.8, 4) is 16.9 Å². The van der Waals surface area contributed by atoms with Gasteiger partial charge in [0.2, 0.25) is 5.95 Å². The number of likely N-dealkylation sites (N-methyl/N-ethyl adjacent to an activating group) is 2. The van der Waals surface area contributed by atoms with Crippen molar-refractivity contribution in [1.82, 2.24) is 39.5 Å². The number of aryl methyl sites for hydroxylation is 1. The first-order valence-corrected chi connectivity index (χ1v) is 20.1. The maximum Gasteiger partial charge on any atom is 0.229 e. The summed E-state index contributed by atoms with van der Waals surface area (Å²) in [7, 11) is 5.35. The van der Waals surface area contributed by atoms with Gasteiger partial charge in [-0.3, -0.25) is 19.5 Å². The zero-order valence-corrected chi connectivity index (χ0v) is 31.8. The van der Waals surface area contributed by atoms with E-state index in [0.29, 0.717) is 44.0 Å². The van der Waals surface area contributed by atoms with Gasteiger partial charge in [0.15, 0.2) is 0 Å². The van der Waals surface area contributed by atoms with E-state index < -0.39 is 7.14 Å². The van der Waals surface area contributed by atoms with Crippen molar-refractivity contribution < 1.29 is 9.30 Å². The molecule has 7 rings (SSSR count). The van der Waals surface area contributed by atoms with Crippen LogP contribution in [0, 0.1) is 0 Å². The minimum absolute atomic E-state index is 0.195. The highest BCUT2D eigenvalue weighted by molar-refractivity contribution is 9.10. The molecule has 50 heavy (non-hydrogen) atoms. The number of nitrogens with zero attached hydrogens (tertiary/aromatic N) is 9. The summed E-state index contributed by atoms with van der Waals surface area (Å²) in [5, 5.41) is 11.9. The zero-order valence-electron chi connectivity index (χ0n) is 29.3. The molecule has 0 aliphatic carbocycles. The number of hydrogen-bond acceptors (Lipinski definition) is 12. The van der Waals surface area contributed by atoms with Crippen molar-refractivity contribution in [2.24, 2.45) is 7.05 Å². The van der Waals surface area contributed by atoms with Crippen LogP contribution < -0.4 is 25.6 Å². The van der Waals surface area contributed by atoms with Crippen LogP contribution in [0.5, 0.6) is 5.75 Å². The molecule has 2 saturated heterocycles. The average Bonchev–Trinajstić information content (AvgIpc) is 3.53. The molecule has 5 heterocycles. The Balaban J connectivity index is 1.21. The average molecular weight is 761 g/mol. The summed E-state index contributed by atoms with van der Waals surface area (Å²) in [5.41, 5.74) is 6.01. The Morgan fingerprint density at radius 1 is 0.940 bits per heavy atom. The Labute approximate surface area is 301 Å². The number of ether oxygens (including phenoxy) is 1. The minimum Gasteiger partial charge on any atom is -0.494 e. The fraction of sp³-hybridized carbons (Fsp3) is 0.400. The van der Waals surface area contributed by atoms with Gasteiger partial charge in [0.25, 0.3) is 0 Å². The molecule has 13 nitrogen and oxygen atoms in total. The van der Waals surface area contributed by atoms with Crippen LogP contribution in [-0.2, 0) is 11.6 Å². The molecular formula is C35H43BrN11O2P. The standard InChI is InChI=1S/C35H43BrN11O2P/c1-44-15-16-45(2)35(22-44)9-13-47(14-10-35)29-18-30(49-4)28(17-24(29)23-19-40-46(3)21-23)42-34-39-20-25(36)33(43-34)41-27-8-7-26-31(38-12-11-37-26)32(27)50(5,6)48/h7-8,11-12,17-21H,9-10,13-16,22H2,1-6H3,(H2,39,41,42,43). The summed E-state index contributed by atoms with van der Waals surface area (Å²) in [6.07, 6.45) is 11.0. The van der Waals surface area contributed by atoms with Crippen LogP contribution in [-0.4, -0.2) is 112 Å². The summed E-state index contributed by atoms with van der Waals surface area (Å²) in [5.74, 6) is 1.54. The van der Waals surface area contributed by atoms with Crippen LogP contribution in [0.4, 0.5) is 28.8 Å². The molecule has 0 unspecified atom stereocenters. The molecule has 2 aliphatic heterocycles. The van der Waals surface area contributed by atoms with Crippen molar-refractivity contribution in [1.29, 1.82) is 0 Å². The van der Waals surface area contributed by atoms with Crippen molar-refractivity contribution in [2.75, 3.05) is 82.8 Å². The molecule has 5 aromatic rings. The third-order valence-electron chi connectivity index (χ3n) is 9.96. The van der Waals surface area contributed by atoms with E-state index in [1.807, 2.05) is 36.3 Å². The van der Waals surface area contributed by atoms with Gasteiger partial charge in [0.1, 0.15) is 24.2 Å². The van der Waals surface area contributed by atoms with E-state index in [-0.39, 0.29) is 5.54 Å². The Morgan fingerprint density at radius 2 is 1.72 bits per heavy atom. The summed E-state index contributed by atoms with van der Waals surface area (Å²) < 4.78 is 22.0. The van der Waals surface area contributed by atoms with Gasteiger partial charge in [-0.2, -0.15) is 10.1 Å². The highest BCUT2D eigenvalue weighted by atomic mass is 79.9. The number of hydrogen-bond donors (Lipinski definition) is 2. The zero-order chi connectivity index (χ0) is 35.2. The summed E-state index contributed by atoms with van der Waals surface area (Å²) in [6, 6.07) is 7.93. The number of halogens is 1. The second-order valence-corrected chi connectivity index (χ2v) is 17.7. The number of rotatable bonds is 8. The number of methoxy groups -OCH3 is 1. The van der Waals surface area contributed by atoms with Gasteiger partial charge in [-0.25, -0.2) is 4.98 Å². The van der Waals surface area contributed by atoms with Crippen LogP contribution in [0.25, 0.3) is 22.2 Å². The van der Waals surface area contributed by atoms with Gasteiger partial charge in [-0.15, -0.1) is 0 Å². The highest BCUT2D eigenvalue weighted by Gasteiger charge is 2.41. The normalized spacial score (nSPS) is 17.0. The predicted octanol–water partition coefficient (Wildman–Crippen LogP) is 5.54. The van der Waals surface area contributed by atoms with Gasteiger partial charge in [-0.05, 0) is 74.4 Å². The fourth-order valence-corrected chi connectivity index (χ4v) is 8.97. The van der Waals surface area contributed by atoms with E-state index >= 15 is 0 Å². The smallest absolute Gasteiger partial charge is 0.229 e. The maximum atomic E-state index is 13.5. The molecule has 262 valence electrons. The lowest BCUT2D eigenvalue weighted by Crippen LogP contribution is -2.63. The van der Waals surface area contributed by atoms with Crippen LogP contribution >= 0.6 is 23.1 Å². The van der Waals surface area contributed by atoms with Crippen LogP contribution in [0.3, 0.4) is 0 Å². The second-order valence-electron chi connectivity index (χ2n) is 13.7. The van der Waals surface area contributed by atoms with Crippen LogP contribution in [0.1, 0.15) is 12.8 Å². The molecule has 1 spiro atoms. The third-order valence-corrected chi connectivity index (χ3v) is 12.1. The first-order chi connectivity index (χ1) is 23.9. The lowest BCUT2D eigenvalue weighted by atomic mass is 9.83. The van der Waals surface area contributed by atoms with Gasteiger partial charge in [0.05, 0.1) is 40.0 Å². The summed E-state index contributed by atoms with van der Waals surface area (Å²) in [6.45, 7) is 8.64. The minimum atomic E-state index is -2.77. The topological polar surface area (TPSA) is 129 Å². The van der Waals surface area contributed by atoms with Crippen LogP contribution in [0.2, 0.25) is 0 Å². The third kappa shape index (κ3) is 6.69. The molecular weight excluding hydrogens is 717 g/mol. The summed E-state index contributed by atoms with van der Waals surface area (Å²) in [4.78, 5) is 25.8. The Hall–Kier alpha value is -4.10. The number of piperidine rings is 1. The maximum absolute atomic E-state index is 13.5. The molecule has 0 atom stereocenters. The first-order valence-electron chi connectivity index (χ1n) is 16.7. The monoisotopic (exact) mass is 759 g/mol. The fourth-order valence-electron chi connectivity index (χ4n) is 7.28. The van der Waals surface area contributed by atoms with Gasteiger partial charge >= 0.3 is 0 Å². The second kappa shape index (κ2) is 13.6. The van der Waals surface area contributed by atoms with Crippen molar-refractivity contribution in [2.45, 2.75) is 18.4 Å². The molecule has 0 bridgehead atoms. The number of piperazine rings is 1. The molecule has 0 saturated carbocycles. The van der Waals surface area contributed by atoms with E-state index in [2.05, 4.69) is 87.5 Å². The first kappa shape index (κ1) is 34.4. The largest absolute Gasteiger partial charge is 0.494 e. The molecule has 3 aromatic heterocycles. The Kier molecular flexibility index (Phi) is 9.31. The van der Waals surface area contributed by atoms with Crippen molar-refractivity contribution >= 4 is 68.2 Å². The molecule has 0 radical (unpaired) electrons. The van der Waals surface area contributed by atoms with E-state index in [1.165, 1.54) is 0 Å². The molecule has 2 N–H and O–H groups in total. The molecule has 2 fully saturated rings. The SMILES string of the molecule is COc1cc(N2CCC3(CC2)CN(C)CCN3C)c(-c2cnn(C)c2)cc1Nc1ncc(Br)c(Nc2ccc3nccnc3c2P(C)(C)=O)n1. The van der Waals surface area contributed by atoms with E-state index in [4.69, 9.17) is 9.72 Å². The Morgan fingerprint density at radius 3 is 2.44 bits per heavy atom. The highest BCUT2D eigenvalue weighted by Crippen LogP contribution is 2.44. The van der Waals surface area contributed by atoms with Crippen LogP contribution in [0.15, 0.2) is 59.7 Å². The quantitative estimate of drug-likeness (QED) is 0.193. The number of aromatic nitrogens is 6. The Bertz CT molecular complexity index is 2090. The van der Waals surface area contributed by atoms with Crippen molar-refractivity contribution in [3.63, 3.8) is 0 Å². The van der Waals surface area contributed by atoms with E-state index in [1.54, 1.807) is 39.0 Å². The summed E-state index contributed by atoms with van der Waals surface area (Å²) >= 11 is 3.60. The molecule has 15 heteroatoms. The van der Waals surface area contributed by atoms with Crippen molar-refractivity contribution in [3.05, 3.63) is 59.7 Å². The van der Waals surface area contributed by atoms with Gasteiger partial charge in [-0.1, -0.05) is 0 Å². The van der Waals surface area contributed by atoms with E-state index in [0.717, 1.165) is 68.1 Å². The lowest BCUT2D eigenvalue weighted by molar-refractivity contribution is 0.00947. The number of benzene rings is 2. The van der Waals surface area contributed by atoms with Gasteiger partial charge < -0.3 is 29.7 Å².